The van der Waals surface area contributed by atoms with Crippen LogP contribution in [0, 0.1) is 5.92 Å². The molecule has 2 atom stereocenters. The number of carbonyl (C=O) groups excluding carboxylic acids is 1. The predicted molar refractivity (Wildman–Crippen MR) is 67.3 cm³/mol. The van der Waals surface area contributed by atoms with E-state index in [2.05, 4.69) is 0 Å². The number of nitrogens with two attached hydrogens (primary N) is 1. The largest absolute Gasteiger partial charge is 0.340 e. The van der Waals surface area contributed by atoms with E-state index in [-0.39, 0.29) is 11.9 Å². The first kappa shape index (κ1) is 14.4. The highest BCUT2D eigenvalue weighted by molar-refractivity contribution is 7.92. The van der Waals surface area contributed by atoms with Crippen LogP contribution < -0.4 is 5.73 Å². The molecule has 0 aliphatic carbocycles. The average molecular weight is 262 g/mol. The first-order chi connectivity index (χ1) is 7.55. The molecule has 2 N–H and O–H groups in total. The van der Waals surface area contributed by atoms with Gasteiger partial charge in [0.1, 0.15) is 4.75 Å². The van der Waals surface area contributed by atoms with Crippen molar-refractivity contribution in [2.75, 3.05) is 19.3 Å². The maximum Gasteiger partial charge on any atom is 0.243 e. The molecule has 17 heavy (non-hydrogen) atoms. The topological polar surface area (TPSA) is 80.5 Å². The fourth-order valence-corrected chi connectivity index (χ4v) is 2.55. The molecule has 1 aliphatic rings. The summed E-state index contributed by atoms with van der Waals surface area (Å²) in [7, 11) is -3.42. The van der Waals surface area contributed by atoms with E-state index in [0.29, 0.717) is 19.0 Å². The zero-order chi connectivity index (χ0) is 13.4. The van der Waals surface area contributed by atoms with Crippen molar-refractivity contribution in [2.24, 2.45) is 11.7 Å². The highest BCUT2D eigenvalue weighted by Crippen LogP contribution is 2.23. The number of amides is 1. The lowest BCUT2D eigenvalue weighted by atomic mass is 9.95. The van der Waals surface area contributed by atoms with E-state index < -0.39 is 14.6 Å². The summed E-state index contributed by atoms with van der Waals surface area (Å²) in [6, 6.07) is -0.0574. The quantitative estimate of drug-likeness (QED) is 0.760. The molecule has 0 aromatic heterocycles. The van der Waals surface area contributed by atoms with Gasteiger partial charge in [0.2, 0.25) is 5.91 Å². The first-order valence-electron chi connectivity index (χ1n) is 5.80. The first-order valence-corrected chi connectivity index (χ1v) is 7.69. The van der Waals surface area contributed by atoms with Gasteiger partial charge in [0, 0.05) is 25.4 Å². The summed E-state index contributed by atoms with van der Waals surface area (Å²) in [4.78, 5) is 13.8. The maximum atomic E-state index is 12.2. The van der Waals surface area contributed by atoms with Crippen molar-refractivity contribution in [3.8, 4) is 0 Å². The van der Waals surface area contributed by atoms with Gasteiger partial charge in [0.05, 0.1) is 0 Å². The van der Waals surface area contributed by atoms with Crippen molar-refractivity contribution in [1.29, 1.82) is 0 Å². The molecule has 100 valence electrons. The van der Waals surface area contributed by atoms with Gasteiger partial charge >= 0.3 is 0 Å². The van der Waals surface area contributed by atoms with Gasteiger partial charge in [-0.25, -0.2) is 8.42 Å². The number of hydrogen-bond donors (Lipinski definition) is 1. The van der Waals surface area contributed by atoms with Crippen LogP contribution in [-0.2, 0) is 14.6 Å². The van der Waals surface area contributed by atoms with E-state index in [1.54, 1.807) is 4.90 Å². The van der Waals surface area contributed by atoms with Crippen LogP contribution >= 0.6 is 0 Å². The van der Waals surface area contributed by atoms with Crippen molar-refractivity contribution in [3.05, 3.63) is 0 Å². The van der Waals surface area contributed by atoms with Crippen molar-refractivity contribution < 1.29 is 13.2 Å². The fourth-order valence-electron chi connectivity index (χ4n) is 2.10. The molecule has 0 radical (unpaired) electrons. The van der Waals surface area contributed by atoms with Crippen LogP contribution in [0.25, 0.3) is 0 Å². The van der Waals surface area contributed by atoms with E-state index in [9.17, 15) is 13.2 Å². The second kappa shape index (κ2) is 4.57. The summed E-state index contributed by atoms with van der Waals surface area (Å²) in [5.41, 5.74) is 5.86. The Bertz CT molecular complexity index is 393. The van der Waals surface area contributed by atoms with Gasteiger partial charge < -0.3 is 10.6 Å². The van der Waals surface area contributed by atoms with Crippen molar-refractivity contribution >= 4 is 15.7 Å². The van der Waals surface area contributed by atoms with Crippen molar-refractivity contribution in [2.45, 2.75) is 38.0 Å². The molecule has 2 unspecified atom stereocenters. The minimum Gasteiger partial charge on any atom is -0.340 e. The predicted octanol–water partition coefficient (Wildman–Crippen LogP) is 0.00530. The van der Waals surface area contributed by atoms with Gasteiger partial charge in [-0.1, -0.05) is 6.92 Å². The standard InChI is InChI=1S/C11H22N2O3S/c1-8-5-9(12)7-13(6-8)10(14)11(2,3)17(4,15)16/h8-9H,5-7,12H2,1-4H3. The van der Waals surface area contributed by atoms with Crippen molar-refractivity contribution in [1.82, 2.24) is 4.90 Å². The highest BCUT2D eigenvalue weighted by Gasteiger charge is 2.42. The van der Waals surface area contributed by atoms with Gasteiger partial charge in [-0.05, 0) is 26.2 Å². The third-order valence-corrected chi connectivity index (χ3v) is 5.45. The maximum absolute atomic E-state index is 12.2. The highest BCUT2D eigenvalue weighted by atomic mass is 32.2. The summed E-state index contributed by atoms with van der Waals surface area (Å²) in [6.45, 7) is 5.96. The van der Waals surface area contributed by atoms with Gasteiger partial charge in [-0.2, -0.15) is 0 Å². The molecule has 0 saturated carbocycles. The Morgan fingerprint density at radius 3 is 2.29 bits per heavy atom. The number of piperidine rings is 1. The van der Waals surface area contributed by atoms with Gasteiger partial charge in [-0.15, -0.1) is 0 Å². The molecule has 0 aromatic rings. The monoisotopic (exact) mass is 262 g/mol. The summed E-state index contributed by atoms with van der Waals surface area (Å²) in [5.74, 6) is -0.0277. The van der Waals surface area contributed by atoms with Crippen LogP contribution in [0.3, 0.4) is 0 Å². The Morgan fingerprint density at radius 1 is 1.35 bits per heavy atom. The minimum atomic E-state index is -3.42. The molecule has 1 amide bonds. The summed E-state index contributed by atoms with van der Waals surface area (Å²) >= 11 is 0. The average Bonchev–Trinajstić information content (AvgIpc) is 2.13. The molecule has 6 heteroatoms. The normalized spacial score (nSPS) is 27.0. The molecule has 1 fully saturated rings. The number of hydrogen-bond acceptors (Lipinski definition) is 4. The summed E-state index contributed by atoms with van der Waals surface area (Å²) < 4.78 is 21.9. The van der Waals surface area contributed by atoms with Crippen LogP contribution in [0.2, 0.25) is 0 Å². The third-order valence-electron chi connectivity index (χ3n) is 3.42. The van der Waals surface area contributed by atoms with Gasteiger partial charge in [0.15, 0.2) is 9.84 Å². The molecule has 0 spiro atoms. The molecule has 0 aromatic carbocycles. The zero-order valence-corrected chi connectivity index (χ0v) is 11.8. The zero-order valence-electron chi connectivity index (χ0n) is 10.9. The van der Waals surface area contributed by atoms with E-state index in [1.165, 1.54) is 13.8 Å². The Labute approximate surface area is 103 Å². The number of likely N-dealkylation sites (tertiary alicyclic amines) is 1. The Hall–Kier alpha value is -0.620. The fraction of sp³-hybridized carbons (Fsp3) is 0.909. The lowest BCUT2D eigenvalue weighted by molar-refractivity contribution is -0.135. The van der Waals surface area contributed by atoms with Gasteiger partial charge in [-0.3, -0.25) is 4.79 Å². The van der Waals surface area contributed by atoms with E-state index in [4.69, 9.17) is 5.73 Å². The number of sulfone groups is 1. The summed E-state index contributed by atoms with van der Waals surface area (Å²) in [6.07, 6.45) is 1.97. The number of nitrogens with zero attached hydrogens (tertiary/aromatic N) is 1. The Kier molecular flexibility index (Phi) is 3.88. The molecule has 1 heterocycles. The van der Waals surface area contributed by atoms with Gasteiger partial charge in [0.25, 0.3) is 0 Å². The van der Waals surface area contributed by atoms with Crippen LogP contribution in [-0.4, -0.2) is 49.4 Å². The molecular weight excluding hydrogens is 240 g/mol. The van der Waals surface area contributed by atoms with Crippen molar-refractivity contribution in [3.63, 3.8) is 0 Å². The summed E-state index contributed by atoms with van der Waals surface area (Å²) in [5, 5.41) is 0. The Balaban J connectivity index is 2.90. The molecule has 1 saturated heterocycles. The molecule has 0 bridgehead atoms. The number of rotatable bonds is 2. The van der Waals surface area contributed by atoms with Crippen LogP contribution in [0.1, 0.15) is 27.2 Å². The molecule has 5 nitrogen and oxygen atoms in total. The SMILES string of the molecule is CC1CC(N)CN(C(=O)C(C)(C)S(C)(=O)=O)C1. The van der Waals surface area contributed by atoms with Crippen LogP contribution in [0.4, 0.5) is 0 Å². The second-order valence-electron chi connectivity index (χ2n) is 5.59. The second-order valence-corrected chi connectivity index (χ2v) is 8.16. The lowest BCUT2D eigenvalue weighted by Gasteiger charge is -2.38. The van der Waals surface area contributed by atoms with E-state index in [1.807, 2.05) is 6.92 Å². The van der Waals surface area contributed by atoms with Crippen LogP contribution in [0.5, 0.6) is 0 Å². The Morgan fingerprint density at radius 2 is 1.88 bits per heavy atom. The third kappa shape index (κ3) is 2.98. The van der Waals surface area contributed by atoms with E-state index >= 15 is 0 Å². The van der Waals surface area contributed by atoms with E-state index in [0.717, 1.165) is 12.7 Å². The molecule has 1 aliphatic heterocycles. The molecular formula is C11H22N2O3S. The number of carbonyl (C=O) groups is 1. The van der Waals surface area contributed by atoms with Crippen LogP contribution in [0.15, 0.2) is 0 Å². The lowest BCUT2D eigenvalue weighted by Crippen LogP contribution is -2.56. The smallest absolute Gasteiger partial charge is 0.243 e. The molecule has 1 rings (SSSR count). The minimum absolute atomic E-state index is 0.0574.